The van der Waals surface area contributed by atoms with Gasteiger partial charge in [0, 0.05) is 43.4 Å². The number of nitrogens with one attached hydrogen (secondary N) is 3. The molecule has 5 N–H and O–H groups in total. The van der Waals surface area contributed by atoms with E-state index in [1.807, 2.05) is 14.1 Å². The van der Waals surface area contributed by atoms with Gasteiger partial charge >= 0.3 is 12.4 Å². The minimum Gasteiger partial charge on any atom is -0.369 e. The number of nitrogens with two attached hydrogens (primary N) is 1. The first kappa shape index (κ1) is 44.9. The second-order valence-electron chi connectivity index (χ2n) is 14.2. The Kier molecular flexibility index (Phi) is 16.7. The topological polar surface area (TPSA) is 120 Å². The van der Waals surface area contributed by atoms with E-state index in [0.717, 1.165) is 43.9 Å². The van der Waals surface area contributed by atoms with Gasteiger partial charge in [-0.25, -0.2) is 15.0 Å². The summed E-state index contributed by atoms with van der Waals surface area (Å²) in [6, 6.07) is 12.9. The quantitative estimate of drug-likeness (QED) is 0.0823. The van der Waals surface area contributed by atoms with E-state index >= 15 is 0 Å². The summed E-state index contributed by atoms with van der Waals surface area (Å²) in [6.07, 6.45) is -5.80. The van der Waals surface area contributed by atoms with Gasteiger partial charge in [0.2, 0.25) is 11.9 Å². The summed E-state index contributed by atoms with van der Waals surface area (Å²) in [5.74, 6) is 0.989. The van der Waals surface area contributed by atoms with E-state index in [2.05, 4.69) is 87.5 Å². The van der Waals surface area contributed by atoms with E-state index in [0.29, 0.717) is 12.4 Å². The molecule has 292 valence electrons. The summed E-state index contributed by atoms with van der Waals surface area (Å²) in [7, 11) is 8.17. The summed E-state index contributed by atoms with van der Waals surface area (Å²) < 4.78 is 75.9. The molecule has 0 atom stereocenters. The maximum absolute atomic E-state index is 12.8. The van der Waals surface area contributed by atoms with Gasteiger partial charge in [-0.15, -0.1) is 0 Å². The highest BCUT2D eigenvalue weighted by Gasteiger charge is 2.31. The Bertz CT molecular complexity index is 1700. The average molecular weight is 771 g/mol. The second kappa shape index (κ2) is 19.7. The van der Waals surface area contributed by atoms with E-state index in [9.17, 15) is 26.3 Å². The maximum atomic E-state index is 12.8. The largest absolute Gasteiger partial charge is 0.416 e. The highest BCUT2D eigenvalue weighted by Crippen LogP contribution is 2.32. The molecule has 0 saturated carbocycles. The Balaban J connectivity index is 0.000000310. The molecule has 2 aromatic heterocycles. The summed E-state index contributed by atoms with van der Waals surface area (Å²) in [5, 5.41) is 8.93. The Morgan fingerprint density at radius 1 is 0.660 bits per heavy atom. The van der Waals surface area contributed by atoms with Gasteiger partial charge < -0.3 is 31.5 Å². The molecular formula is C36H49ClF6N10. The fourth-order valence-electron chi connectivity index (χ4n) is 4.88. The van der Waals surface area contributed by atoms with E-state index in [4.69, 9.17) is 17.3 Å². The molecule has 0 aliphatic heterocycles. The SMILES string of the molecule is CN(C)CC(C)(C)CN.CN(C)CC(C)(C)CNc1ccnc(Nc2cccc(C(F)(F)F)c2)n1.FC(F)(F)c1cccc(Nc2nccc(Cl)n2)c1. The molecule has 0 saturated heterocycles. The minimum absolute atomic E-state index is 0.0308. The Labute approximate surface area is 312 Å². The minimum atomic E-state index is -4.39. The van der Waals surface area contributed by atoms with Crippen molar-refractivity contribution in [2.75, 3.05) is 70.3 Å². The molecule has 0 unspecified atom stereocenters. The van der Waals surface area contributed by atoms with Gasteiger partial charge in [-0.05, 0) is 94.1 Å². The predicted octanol–water partition coefficient (Wildman–Crippen LogP) is 8.66. The lowest BCUT2D eigenvalue weighted by atomic mass is 9.93. The van der Waals surface area contributed by atoms with Crippen LogP contribution in [0.25, 0.3) is 0 Å². The fraction of sp³-hybridized carbons (Fsp3) is 0.444. The van der Waals surface area contributed by atoms with Crippen molar-refractivity contribution < 1.29 is 26.3 Å². The summed E-state index contributed by atoms with van der Waals surface area (Å²) in [5.41, 5.74) is 4.89. The number of aromatic nitrogens is 4. The highest BCUT2D eigenvalue weighted by molar-refractivity contribution is 6.29. The van der Waals surface area contributed by atoms with Crippen molar-refractivity contribution in [2.45, 2.75) is 40.0 Å². The number of anilines is 5. The van der Waals surface area contributed by atoms with E-state index in [1.165, 1.54) is 30.5 Å². The van der Waals surface area contributed by atoms with Crippen LogP contribution in [0.15, 0.2) is 73.1 Å². The first-order valence-electron chi connectivity index (χ1n) is 16.4. The molecule has 0 spiro atoms. The van der Waals surface area contributed by atoms with Crippen LogP contribution in [0.5, 0.6) is 0 Å². The molecule has 0 fully saturated rings. The molecule has 2 heterocycles. The van der Waals surface area contributed by atoms with Crippen molar-refractivity contribution in [3.05, 3.63) is 89.3 Å². The van der Waals surface area contributed by atoms with Crippen LogP contribution in [0.3, 0.4) is 0 Å². The maximum Gasteiger partial charge on any atom is 0.416 e. The number of rotatable bonds is 12. The number of halogens is 7. The lowest BCUT2D eigenvalue weighted by molar-refractivity contribution is -0.138. The van der Waals surface area contributed by atoms with Crippen LogP contribution < -0.4 is 21.7 Å². The van der Waals surface area contributed by atoms with E-state index in [-0.39, 0.29) is 39.3 Å². The zero-order valence-corrected chi connectivity index (χ0v) is 31.9. The molecule has 2 aromatic carbocycles. The molecular weight excluding hydrogens is 722 g/mol. The van der Waals surface area contributed by atoms with Crippen molar-refractivity contribution in [2.24, 2.45) is 16.6 Å². The molecule has 0 amide bonds. The molecule has 53 heavy (non-hydrogen) atoms. The summed E-state index contributed by atoms with van der Waals surface area (Å²) in [4.78, 5) is 20.3. The summed E-state index contributed by atoms with van der Waals surface area (Å²) in [6.45, 7) is 12.0. The smallest absolute Gasteiger partial charge is 0.369 e. The highest BCUT2D eigenvalue weighted by atomic mass is 35.5. The lowest BCUT2D eigenvalue weighted by Gasteiger charge is -2.28. The molecule has 10 nitrogen and oxygen atoms in total. The molecule has 0 aliphatic rings. The molecule has 0 radical (unpaired) electrons. The second-order valence-corrected chi connectivity index (χ2v) is 14.6. The van der Waals surface area contributed by atoms with Gasteiger partial charge in [0.1, 0.15) is 11.0 Å². The third-order valence-electron chi connectivity index (χ3n) is 6.96. The van der Waals surface area contributed by atoms with Crippen molar-refractivity contribution in [1.29, 1.82) is 0 Å². The molecule has 4 rings (SSSR count). The number of hydrogen-bond donors (Lipinski definition) is 4. The molecule has 17 heteroatoms. The molecule has 0 bridgehead atoms. The van der Waals surface area contributed by atoms with Gasteiger partial charge in [-0.2, -0.15) is 31.3 Å². The zero-order chi connectivity index (χ0) is 40.0. The van der Waals surface area contributed by atoms with Gasteiger partial charge in [0.25, 0.3) is 0 Å². The average Bonchev–Trinajstić information content (AvgIpc) is 3.03. The molecule has 4 aromatic rings. The van der Waals surface area contributed by atoms with Gasteiger partial charge in [-0.3, -0.25) is 0 Å². The molecule has 0 aliphatic carbocycles. The van der Waals surface area contributed by atoms with E-state index in [1.54, 1.807) is 18.3 Å². The first-order valence-corrected chi connectivity index (χ1v) is 16.8. The van der Waals surface area contributed by atoms with Crippen LogP contribution in [-0.4, -0.2) is 84.1 Å². The number of nitrogens with zero attached hydrogens (tertiary/aromatic N) is 6. The van der Waals surface area contributed by atoms with Crippen molar-refractivity contribution >= 4 is 40.7 Å². The third-order valence-corrected chi connectivity index (χ3v) is 7.17. The number of alkyl halides is 6. The van der Waals surface area contributed by atoms with Gasteiger partial charge in [0.05, 0.1) is 11.1 Å². The Hall–Kier alpha value is -4.25. The summed E-state index contributed by atoms with van der Waals surface area (Å²) >= 11 is 5.64. The first-order chi connectivity index (χ1) is 24.5. The van der Waals surface area contributed by atoms with Crippen molar-refractivity contribution in [1.82, 2.24) is 29.7 Å². The Morgan fingerprint density at radius 2 is 1.11 bits per heavy atom. The lowest BCUT2D eigenvalue weighted by Crippen LogP contribution is -2.34. The zero-order valence-electron chi connectivity index (χ0n) is 31.2. The Morgan fingerprint density at radius 3 is 1.53 bits per heavy atom. The fourth-order valence-corrected chi connectivity index (χ4v) is 5.02. The number of benzene rings is 2. The van der Waals surface area contributed by atoms with Gasteiger partial charge in [0.15, 0.2) is 0 Å². The van der Waals surface area contributed by atoms with Crippen molar-refractivity contribution in [3.63, 3.8) is 0 Å². The predicted molar refractivity (Wildman–Crippen MR) is 201 cm³/mol. The van der Waals surface area contributed by atoms with Crippen molar-refractivity contribution in [3.8, 4) is 0 Å². The van der Waals surface area contributed by atoms with Crippen LogP contribution in [0.4, 0.5) is 55.4 Å². The van der Waals surface area contributed by atoms with Gasteiger partial charge in [-0.1, -0.05) is 51.4 Å². The third kappa shape index (κ3) is 17.9. The monoisotopic (exact) mass is 770 g/mol. The van der Waals surface area contributed by atoms with Crippen LogP contribution in [-0.2, 0) is 12.4 Å². The number of hydrogen-bond acceptors (Lipinski definition) is 10. The van der Waals surface area contributed by atoms with Crippen LogP contribution in [0.2, 0.25) is 5.15 Å². The standard InChI is InChI=1S/C18H24F3N5.C11H7ClF3N3.C7H18N2/c1-17(2,12-26(3)4)11-23-15-8-9-22-16(25-15)24-14-7-5-6-13(10-14)18(19,20)21;12-9-4-5-16-10(18-9)17-8-3-1-2-7(6-8)11(13,14)15;1-7(2,5-8)6-9(3)4/h5-10H,11-12H2,1-4H3,(H2,22,23,24,25);1-6H,(H,16,17,18);5-6,8H2,1-4H3. The van der Waals surface area contributed by atoms with Crippen LogP contribution >= 0.6 is 11.6 Å². The van der Waals surface area contributed by atoms with E-state index < -0.39 is 23.5 Å². The normalized spacial score (nSPS) is 12.0. The van der Waals surface area contributed by atoms with Crippen LogP contribution in [0.1, 0.15) is 38.8 Å². The van der Waals surface area contributed by atoms with Crippen LogP contribution in [0, 0.1) is 10.8 Å².